The van der Waals surface area contributed by atoms with E-state index in [1.165, 1.54) is 4.88 Å². The van der Waals surface area contributed by atoms with Crippen LogP contribution in [0.1, 0.15) is 43.2 Å². The molecule has 0 fully saturated rings. The number of carbonyl (C=O) groups is 1. The van der Waals surface area contributed by atoms with Gasteiger partial charge in [0.05, 0.1) is 12.3 Å². The summed E-state index contributed by atoms with van der Waals surface area (Å²) in [5.74, 6) is -0.294. The van der Waals surface area contributed by atoms with Crippen LogP contribution in [0.5, 0.6) is 0 Å². The van der Waals surface area contributed by atoms with E-state index in [1.807, 2.05) is 6.92 Å². The molecule has 0 saturated carbocycles. The van der Waals surface area contributed by atoms with Gasteiger partial charge in [0.15, 0.2) is 5.13 Å². The first kappa shape index (κ1) is 16.2. The van der Waals surface area contributed by atoms with E-state index in [4.69, 9.17) is 4.74 Å². The molecule has 21 heavy (non-hydrogen) atoms. The molecule has 1 aliphatic rings. The number of anilines is 1. The molecule has 2 unspecified atom stereocenters. The Morgan fingerprint density at radius 3 is 3.00 bits per heavy atom. The first-order valence-corrected chi connectivity index (χ1v) is 8.40. The van der Waals surface area contributed by atoms with Crippen molar-refractivity contribution < 1.29 is 9.53 Å². The Kier molecular flexibility index (Phi) is 5.58. The lowest BCUT2D eigenvalue weighted by atomic mass is 10.1. The third-order valence-electron chi connectivity index (χ3n) is 3.67. The summed E-state index contributed by atoms with van der Waals surface area (Å²) in [5, 5.41) is 4.38. The number of esters is 1. The normalized spacial score (nSPS) is 18.6. The van der Waals surface area contributed by atoms with Crippen LogP contribution in [-0.2, 0) is 16.0 Å². The van der Waals surface area contributed by atoms with Crippen molar-refractivity contribution in [2.45, 2.75) is 45.1 Å². The average molecular weight is 311 g/mol. The van der Waals surface area contributed by atoms with Gasteiger partial charge in [-0.1, -0.05) is 0 Å². The van der Waals surface area contributed by atoms with Gasteiger partial charge in [-0.3, -0.25) is 4.79 Å². The third kappa shape index (κ3) is 4.17. The lowest BCUT2D eigenvalue weighted by Crippen LogP contribution is -2.23. The van der Waals surface area contributed by atoms with E-state index >= 15 is 0 Å². The van der Waals surface area contributed by atoms with Crippen LogP contribution in [0.15, 0.2) is 0 Å². The third-order valence-corrected chi connectivity index (χ3v) is 4.73. The second kappa shape index (κ2) is 7.22. The van der Waals surface area contributed by atoms with Gasteiger partial charge in [0.1, 0.15) is 5.92 Å². The molecule has 0 aromatic carbocycles. The monoisotopic (exact) mass is 311 g/mol. The molecule has 0 spiro atoms. The van der Waals surface area contributed by atoms with Crippen LogP contribution < -0.4 is 5.32 Å². The molecule has 0 bridgehead atoms. The van der Waals surface area contributed by atoms with Crippen molar-refractivity contribution >= 4 is 22.4 Å². The first-order valence-electron chi connectivity index (χ1n) is 7.58. The Balaban J connectivity index is 1.96. The topological polar surface area (TPSA) is 54.5 Å². The highest BCUT2D eigenvalue weighted by Gasteiger charge is 2.33. The molecule has 0 saturated heterocycles. The van der Waals surface area contributed by atoms with Crippen LogP contribution in [0.4, 0.5) is 5.13 Å². The molecule has 1 heterocycles. The van der Waals surface area contributed by atoms with Gasteiger partial charge in [0, 0.05) is 10.9 Å². The van der Waals surface area contributed by atoms with Crippen LogP contribution in [0.3, 0.4) is 0 Å². The summed E-state index contributed by atoms with van der Waals surface area (Å²) < 4.78 is 5.14. The average Bonchev–Trinajstić information content (AvgIpc) is 2.96. The SMILES string of the molecule is CCOC(=O)C1CCc2sc(NC(C)CCN(C)C)nc21. The molecule has 118 valence electrons. The van der Waals surface area contributed by atoms with Gasteiger partial charge >= 0.3 is 5.97 Å². The fourth-order valence-corrected chi connectivity index (χ4v) is 3.65. The van der Waals surface area contributed by atoms with E-state index in [0.717, 1.165) is 36.6 Å². The van der Waals surface area contributed by atoms with Crippen LogP contribution >= 0.6 is 11.3 Å². The number of hydrogen-bond acceptors (Lipinski definition) is 6. The number of carbonyl (C=O) groups excluding carboxylic acids is 1. The highest BCUT2D eigenvalue weighted by Crippen LogP contribution is 2.39. The van der Waals surface area contributed by atoms with Crippen molar-refractivity contribution in [2.24, 2.45) is 0 Å². The number of fused-ring (bicyclic) bond motifs is 1. The quantitative estimate of drug-likeness (QED) is 0.784. The summed E-state index contributed by atoms with van der Waals surface area (Å²) in [5.41, 5.74) is 0.931. The zero-order valence-corrected chi connectivity index (χ0v) is 14.1. The molecule has 1 aliphatic carbocycles. The Labute approximate surface area is 130 Å². The Morgan fingerprint density at radius 2 is 2.33 bits per heavy atom. The zero-order valence-electron chi connectivity index (χ0n) is 13.3. The van der Waals surface area contributed by atoms with Gasteiger partial charge in [-0.05, 0) is 53.8 Å². The molecule has 0 amide bonds. The largest absolute Gasteiger partial charge is 0.465 e. The number of aryl methyl sites for hydroxylation is 1. The van der Waals surface area contributed by atoms with E-state index < -0.39 is 0 Å². The number of nitrogens with zero attached hydrogens (tertiary/aromatic N) is 2. The van der Waals surface area contributed by atoms with E-state index in [-0.39, 0.29) is 11.9 Å². The molecule has 5 nitrogen and oxygen atoms in total. The van der Waals surface area contributed by atoms with Crippen molar-refractivity contribution in [1.82, 2.24) is 9.88 Å². The summed E-state index contributed by atoms with van der Waals surface area (Å²) in [4.78, 5) is 20.0. The maximum absolute atomic E-state index is 11.9. The molecular weight excluding hydrogens is 286 g/mol. The maximum atomic E-state index is 11.9. The Morgan fingerprint density at radius 1 is 1.57 bits per heavy atom. The molecule has 0 radical (unpaired) electrons. The molecule has 6 heteroatoms. The lowest BCUT2D eigenvalue weighted by molar-refractivity contribution is -0.145. The summed E-state index contributed by atoms with van der Waals surface area (Å²) in [7, 11) is 4.16. The van der Waals surface area contributed by atoms with Gasteiger partial charge in [-0.2, -0.15) is 0 Å². The van der Waals surface area contributed by atoms with Crippen LogP contribution in [0, 0.1) is 0 Å². The minimum Gasteiger partial charge on any atom is -0.465 e. The summed E-state index contributed by atoms with van der Waals surface area (Å²) in [6.45, 7) is 5.49. The van der Waals surface area contributed by atoms with E-state index in [0.29, 0.717) is 12.6 Å². The highest BCUT2D eigenvalue weighted by atomic mass is 32.1. The van der Waals surface area contributed by atoms with Crippen LogP contribution in [0.25, 0.3) is 0 Å². The van der Waals surface area contributed by atoms with E-state index in [1.54, 1.807) is 11.3 Å². The van der Waals surface area contributed by atoms with Gasteiger partial charge in [-0.15, -0.1) is 11.3 Å². The molecule has 1 N–H and O–H groups in total. The van der Waals surface area contributed by atoms with Crippen molar-refractivity contribution in [1.29, 1.82) is 0 Å². The fourth-order valence-electron chi connectivity index (χ4n) is 2.50. The number of aromatic nitrogens is 1. The summed E-state index contributed by atoms with van der Waals surface area (Å²) in [6.07, 6.45) is 2.84. The van der Waals surface area contributed by atoms with Crippen LogP contribution in [-0.4, -0.2) is 49.1 Å². The zero-order chi connectivity index (χ0) is 15.4. The van der Waals surface area contributed by atoms with Gasteiger partial charge in [0.25, 0.3) is 0 Å². The van der Waals surface area contributed by atoms with Crippen molar-refractivity contribution in [3.63, 3.8) is 0 Å². The second-order valence-corrected chi connectivity index (χ2v) is 6.89. The van der Waals surface area contributed by atoms with E-state index in [2.05, 4.69) is 36.2 Å². The molecule has 2 atom stereocenters. The minimum atomic E-state index is -0.163. The summed E-state index contributed by atoms with van der Waals surface area (Å²) >= 11 is 1.68. The molecule has 2 rings (SSSR count). The molecule has 1 aromatic heterocycles. The van der Waals surface area contributed by atoms with Crippen molar-refractivity contribution in [3.8, 4) is 0 Å². The number of nitrogens with one attached hydrogen (secondary N) is 1. The van der Waals surface area contributed by atoms with Crippen LogP contribution in [0.2, 0.25) is 0 Å². The van der Waals surface area contributed by atoms with Crippen molar-refractivity contribution in [2.75, 3.05) is 32.6 Å². The van der Waals surface area contributed by atoms with Gasteiger partial charge in [0.2, 0.25) is 0 Å². The standard InChI is InChI=1S/C15H25N3O2S/c1-5-20-14(19)11-6-7-12-13(11)17-15(21-12)16-10(2)8-9-18(3)4/h10-11H,5-9H2,1-4H3,(H,16,17). The van der Waals surface area contributed by atoms with Gasteiger partial charge in [-0.25, -0.2) is 4.98 Å². The number of hydrogen-bond donors (Lipinski definition) is 1. The highest BCUT2D eigenvalue weighted by molar-refractivity contribution is 7.15. The first-order chi connectivity index (χ1) is 10.0. The Hall–Kier alpha value is -1.14. The molecule has 1 aromatic rings. The second-order valence-electron chi connectivity index (χ2n) is 5.81. The predicted molar refractivity (Wildman–Crippen MR) is 86.1 cm³/mol. The lowest BCUT2D eigenvalue weighted by Gasteiger charge is -2.16. The number of ether oxygens (including phenoxy) is 1. The Bertz CT molecular complexity index is 487. The number of rotatable bonds is 7. The van der Waals surface area contributed by atoms with Crippen molar-refractivity contribution in [3.05, 3.63) is 10.6 Å². The van der Waals surface area contributed by atoms with E-state index in [9.17, 15) is 4.79 Å². The smallest absolute Gasteiger partial charge is 0.315 e. The minimum absolute atomic E-state index is 0.131. The molecular formula is C15H25N3O2S. The fraction of sp³-hybridized carbons (Fsp3) is 0.733. The predicted octanol–water partition coefficient (Wildman–Crippen LogP) is 2.49. The number of thiazole rings is 1. The maximum Gasteiger partial charge on any atom is 0.315 e. The van der Waals surface area contributed by atoms with Gasteiger partial charge < -0.3 is 15.0 Å². The summed E-state index contributed by atoms with van der Waals surface area (Å²) in [6, 6.07) is 0.375. The molecule has 0 aliphatic heterocycles.